The van der Waals surface area contributed by atoms with Crippen LogP contribution in [-0.4, -0.2) is 18.6 Å². The average molecular weight is 398 g/mol. The zero-order chi connectivity index (χ0) is 21.0. The van der Waals surface area contributed by atoms with Crippen molar-refractivity contribution in [1.82, 2.24) is 5.32 Å². The number of carbonyl (C=O) groups excluding carboxylic acids is 2. The summed E-state index contributed by atoms with van der Waals surface area (Å²) in [6.07, 6.45) is 7.38. The number of fused-ring (bicyclic) bond motifs is 3. The molecule has 2 aliphatic rings. The second kappa shape index (κ2) is 9.16. The maximum Gasteiger partial charge on any atom is 0.412 e. The molecular weight excluding hydrogens is 370 g/mol. The zero-order valence-electron chi connectivity index (χ0n) is 17.1. The molecule has 1 N–H and O–H groups in total. The normalized spacial score (nSPS) is 20.1. The number of allylic oxidation sites excluding steroid dienone is 3. The van der Waals surface area contributed by atoms with Crippen molar-refractivity contribution in [2.24, 2.45) is 5.92 Å². The molecule has 2 atom stereocenters. The van der Waals surface area contributed by atoms with Gasteiger partial charge in [-0.25, -0.2) is 4.79 Å². The number of nitrogens with one attached hydrogen (secondary N) is 1. The first-order chi connectivity index (χ1) is 13.9. The summed E-state index contributed by atoms with van der Waals surface area (Å²) in [5.41, 5.74) is 3.12. The molecule has 1 heterocycles. The van der Waals surface area contributed by atoms with E-state index in [1.165, 1.54) is 5.57 Å². The van der Waals surface area contributed by atoms with Crippen LogP contribution < -0.4 is 19.9 Å². The highest BCUT2D eigenvalue weighted by atomic mass is 16.6. The van der Waals surface area contributed by atoms with Gasteiger partial charge >= 0.3 is 6.09 Å². The molecule has 6 nitrogen and oxygen atoms in total. The Labute approximate surface area is 171 Å². The molecule has 0 fully saturated rings. The topological polar surface area (TPSA) is 87.7 Å². The van der Waals surface area contributed by atoms with Crippen molar-refractivity contribution >= 4 is 12.1 Å². The maximum atomic E-state index is 12.2. The lowest BCUT2D eigenvalue weighted by Gasteiger charge is -2.37. The Morgan fingerprint density at radius 3 is 2.86 bits per heavy atom. The van der Waals surface area contributed by atoms with Crippen LogP contribution >= 0.6 is 0 Å². The minimum Gasteiger partial charge on any atom is -0.548 e. The van der Waals surface area contributed by atoms with E-state index in [1.54, 1.807) is 0 Å². The lowest BCUT2D eigenvalue weighted by molar-refractivity contribution is -0.303. The van der Waals surface area contributed by atoms with E-state index in [0.717, 1.165) is 55.4 Å². The second-order valence-corrected chi connectivity index (χ2v) is 7.83. The molecule has 0 aromatic heterocycles. The first kappa shape index (κ1) is 21.0. The van der Waals surface area contributed by atoms with Crippen molar-refractivity contribution in [2.45, 2.75) is 58.3 Å². The van der Waals surface area contributed by atoms with Gasteiger partial charge in [0.25, 0.3) is 0 Å². The first-order valence-corrected chi connectivity index (χ1v) is 10.2. The molecule has 1 aromatic rings. The fourth-order valence-electron chi connectivity index (χ4n) is 4.09. The molecule has 3 rings (SSSR count). The highest BCUT2D eigenvalue weighted by Gasteiger charge is 2.37. The average Bonchev–Trinajstić information content (AvgIpc) is 2.66. The van der Waals surface area contributed by atoms with Gasteiger partial charge in [-0.2, -0.15) is 0 Å². The summed E-state index contributed by atoms with van der Waals surface area (Å²) >= 11 is 0. The summed E-state index contributed by atoms with van der Waals surface area (Å²) in [5.74, 6) is 0.601. The molecule has 0 bridgehead atoms. The Kier molecular flexibility index (Phi) is 6.62. The fourth-order valence-corrected chi connectivity index (χ4v) is 4.09. The summed E-state index contributed by atoms with van der Waals surface area (Å²) in [6, 6.07) is 3.88. The van der Waals surface area contributed by atoms with Crippen molar-refractivity contribution in [3.63, 3.8) is 0 Å². The van der Waals surface area contributed by atoms with Crippen LogP contribution in [0.25, 0.3) is 0 Å². The van der Waals surface area contributed by atoms with Crippen LogP contribution in [0.1, 0.15) is 63.0 Å². The number of aliphatic carboxylic acids is 1. The van der Waals surface area contributed by atoms with Crippen LogP contribution in [0.4, 0.5) is 4.79 Å². The van der Waals surface area contributed by atoms with Gasteiger partial charge in [0.05, 0.1) is 12.5 Å². The molecule has 6 heteroatoms. The van der Waals surface area contributed by atoms with E-state index in [-0.39, 0.29) is 11.8 Å². The third-order valence-electron chi connectivity index (χ3n) is 5.55. The number of carbonyl (C=O) groups is 2. The molecule has 1 aromatic carbocycles. The summed E-state index contributed by atoms with van der Waals surface area (Å²) in [4.78, 5) is 22.8. The Balaban J connectivity index is 1.97. The van der Waals surface area contributed by atoms with Crippen molar-refractivity contribution in [3.8, 4) is 11.5 Å². The van der Waals surface area contributed by atoms with Gasteiger partial charge < -0.3 is 24.7 Å². The number of hydrogen-bond acceptors (Lipinski definition) is 5. The smallest absolute Gasteiger partial charge is 0.412 e. The number of hydrogen-bond donors (Lipinski definition) is 1. The Morgan fingerprint density at radius 2 is 2.14 bits per heavy atom. The Hall–Kier alpha value is -2.76. The molecule has 29 heavy (non-hydrogen) atoms. The van der Waals surface area contributed by atoms with Crippen LogP contribution in [0.3, 0.4) is 0 Å². The van der Waals surface area contributed by atoms with Crippen LogP contribution in [-0.2, 0) is 11.2 Å². The van der Waals surface area contributed by atoms with Crippen LogP contribution in [0, 0.1) is 5.92 Å². The summed E-state index contributed by atoms with van der Waals surface area (Å²) in [7, 11) is 0. The maximum absolute atomic E-state index is 12.2. The van der Waals surface area contributed by atoms with E-state index in [4.69, 9.17) is 9.47 Å². The molecule has 0 saturated carbocycles. The van der Waals surface area contributed by atoms with Crippen molar-refractivity contribution < 1.29 is 24.2 Å². The monoisotopic (exact) mass is 398 g/mol. The van der Waals surface area contributed by atoms with Crippen molar-refractivity contribution in [1.29, 1.82) is 0 Å². The summed E-state index contributed by atoms with van der Waals surface area (Å²) in [6.45, 7) is 7.77. The number of benzene rings is 1. The molecule has 156 valence electrons. The number of carboxylic acid groups (broad SMARTS) is 1. The third-order valence-corrected chi connectivity index (χ3v) is 5.55. The summed E-state index contributed by atoms with van der Waals surface area (Å²) < 4.78 is 11.6. The molecule has 1 amide bonds. The van der Waals surface area contributed by atoms with Gasteiger partial charge in [-0.05, 0) is 50.3 Å². The number of ether oxygens (including phenoxy) is 2. The number of rotatable bonds is 7. The number of unbranched alkanes of at least 4 members (excludes halogenated alkanes) is 2. The molecule has 1 aliphatic carbocycles. The van der Waals surface area contributed by atoms with Crippen LogP contribution in [0.2, 0.25) is 0 Å². The Morgan fingerprint density at radius 1 is 1.34 bits per heavy atom. The van der Waals surface area contributed by atoms with Gasteiger partial charge in [-0.15, -0.1) is 0 Å². The number of carboxylic acids is 1. The van der Waals surface area contributed by atoms with Crippen molar-refractivity contribution in [3.05, 3.63) is 47.2 Å². The third kappa shape index (κ3) is 5.00. The standard InChI is InChI=1S/C23H29NO5/c1-4-5-6-7-16-11-19-22(20(12-16)29-23(27)24-13-21(25)26)18-10-14(2)8-9-17(18)15(3)28-19/h10-12,17-18H,3-9,13H2,1-2H3,(H,24,27)(H,25,26)/p-1/t17-,18+/m0/s1. The first-order valence-electron chi connectivity index (χ1n) is 10.2. The van der Waals surface area contributed by atoms with Gasteiger partial charge in [0, 0.05) is 17.4 Å². The predicted octanol–water partition coefficient (Wildman–Crippen LogP) is 3.60. The number of amides is 1. The van der Waals surface area contributed by atoms with E-state index >= 15 is 0 Å². The van der Waals surface area contributed by atoms with E-state index in [9.17, 15) is 14.7 Å². The molecule has 0 radical (unpaired) electrons. The highest BCUT2D eigenvalue weighted by molar-refractivity contribution is 5.77. The molecular formula is C23H28NO5-. The number of aryl methyl sites for hydroxylation is 1. The van der Waals surface area contributed by atoms with E-state index in [0.29, 0.717) is 11.5 Å². The van der Waals surface area contributed by atoms with Gasteiger partial charge in [0.1, 0.15) is 17.3 Å². The minimum atomic E-state index is -1.37. The van der Waals surface area contributed by atoms with Crippen LogP contribution in [0.15, 0.2) is 36.1 Å². The second-order valence-electron chi connectivity index (χ2n) is 7.83. The van der Waals surface area contributed by atoms with Gasteiger partial charge in [-0.3, -0.25) is 0 Å². The highest BCUT2D eigenvalue weighted by Crippen LogP contribution is 2.51. The Bertz CT molecular complexity index is 842. The van der Waals surface area contributed by atoms with Crippen molar-refractivity contribution in [2.75, 3.05) is 6.54 Å². The molecule has 0 spiro atoms. The quantitative estimate of drug-likeness (QED) is 0.560. The lowest BCUT2D eigenvalue weighted by atomic mass is 9.74. The van der Waals surface area contributed by atoms with E-state index in [2.05, 4.69) is 31.8 Å². The van der Waals surface area contributed by atoms with E-state index < -0.39 is 18.6 Å². The largest absolute Gasteiger partial charge is 0.548 e. The predicted molar refractivity (Wildman–Crippen MR) is 108 cm³/mol. The summed E-state index contributed by atoms with van der Waals surface area (Å²) in [5, 5.41) is 12.8. The SMILES string of the molecule is C=C1Oc2cc(CCCCC)cc(OC(=O)NCC(=O)[O-])c2[C@@H]2C=C(C)CC[C@@H]12. The molecule has 0 saturated heterocycles. The van der Waals surface area contributed by atoms with E-state index in [1.807, 2.05) is 12.1 Å². The van der Waals surface area contributed by atoms with Gasteiger partial charge in [0.2, 0.25) is 0 Å². The molecule has 0 unspecified atom stereocenters. The minimum absolute atomic E-state index is 0.0219. The zero-order valence-corrected chi connectivity index (χ0v) is 17.1. The fraction of sp³-hybridized carbons (Fsp3) is 0.478. The van der Waals surface area contributed by atoms with Gasteiger partial charge in [0.15, 0.2) is 0 Å². The molecule has 1 aliphatic heterocycles. The van der Waals surface area contributed by atoms with Gasteiger partial charge in [-0.1, -0.05) is 38.0 Å². The lowest BCUT2D eigenvalue weighted by Crippen LogP contribution is -2.39. The van der Waals surface area contributed by atoms with Crippen LogP contribution in [0.5, 0.6) is 11.5 Å².